The number of piperidine rings is 1. The summed E-state index contributed by atoms with van der Waals surface area (Å²) in [5, 5.41) is 50.3. The van der Waals surface area contributed by atoms with E-state index in [0.717, 1.165) is 43.6 Å². The lowest BCUT2D eigenvalue weighted by Crippen LogP contribution is -2.61. The molecule has 0 aliphatic carbocycles. The summed E-state index contributed by atoms with van der Waals surface area (Å²) in [5.41, 5.74) is 1.66. The van der Waals surface area contributed by atoms with E-state index >= 15 is 0 Å². The van der Waals surface area contributed by atoms with Gasteiger partial charge in [-0.1, -0.05) is 78.9 Å². The van der Waals surface area contributed by atoms with E-state index in [1.54, 1.807) is 65.6 Å². The Kier molecular flexibility index (Phi) is 14.3. The molecular weight excluding hydrogens is 855 g/mol. The van der Waals surface area contributed by atoms with Crippen LogP contribution in [-0.4, -0.2) is 105 Å². The number of nitrogens with one attached hydrogen (secondary N) is 3. The summed E-state index contributed by atoms with van der Waals surface area (Å²) in [7, 11) is 1.50. The zero-order chi connectivity index (χ0) is 47.1. The number of aliphatic hydroxyl groups excluding tert-OH is 1. The number of carbonyl (C=O) groups excluding carboxylic acids is 2. The van der Waals surface area contributed by atoms with Crippen molar-refractivity contribution in [2.45, 2.75) is 50.1 Å². The molecule has 0 spiro atoms. The lowest BCUT2D eigenvalue weighted by molar-refractivity contribution is -0.155. The molecule has 1 aromatic heterocycles. The number of hydrogen-bond donors (Lipinski definition) is 7. The molecule has 2 atom stereocenters. The number of aromatic amines is 1. The molecule has 348 valence electrons. The van der Waals surface area contributed by atoms with E-state index in [9.17, 15) is 39.6 Å². The van der Waals surface area contributed by atoms with Gasteiger partial charge in [-0.15, -0.1) is 0 Å². The molecule has 0 bridgehead atoms. The largest absolute Gasteiger partial charge is 0.506 e. The molecule has 6 aromatic rings. The first-order valence-corrected chi connectivity index (χ1v) is 22.4. The van der Waals surface area contributed by atoms with Gasteiger partial charge in [0.1, 0.15) is 17.2 Å². The van der Waals surface area contributed by atoms with E-state index in [-0.39, 0.29) is 66.3 Å². The fourth-order valence-corrected chi connectivity index (χ4v) is 9.12. The summed E-state index contributed by atoms with van der Waals surface area (Å²) in [6, 6.07) is 34.4. The normalized spacial score (nSPS) is 15.9. The van der Waals surface area contributed by atoms with E-state index in [4.69, 9.17) is 9.47 Å². The Morgan fingerprint density at radius 2 is 1.64 bits per heavy atom. The number of aliphatic hydroxyl groups is 2. The molecule has 2 saturated heterocycles. The second-order valence-electron chi connectivity index (χ2n) is 17.3. The number of carboxylic acid groups (broad SMARTS) is 1. The molecule has 0 unspecified atom stereocenters. The van der Waals surface area contributed by atoms with Crippen LogP contribution in [0.25, 0.3) is 10.9 Å². The van der Waals surface area contributed by atoms with Gasteiger partial charge in [0.25, 0.3) is 11.8 Å². The average Bonchev–Trinajstić information content (AvgIpc) is 3.33. The van der Waals surface area contributed by atoms with Crippen LogP contribution in [0.1, 0.15) is 62.7 Å². The number of carbonyl (C=O) groups is 3. The quantitative estimate of drug-likeness (QED) is 0.0616. The van der Waals surface area contributed by atoms with Crippen LogP contribution >= 0.6 is 0 Å². The standard InChI is InChI=1S/C52H55N5O10/c1-66-46-25-36(14-15-37(46)27-53-28-45(59)41-16-18-44(58)49-42(41)17-19-47(60)55-49)50(62)57-30-39(31-57)54-48(61)32-67-40-12-7-11-38(26-40)52(65,51(63)64)43-13-6-5-10-35(43)24-33-20-22-56(23-21-33)29-34-8-3-2-4-9-34/h2-19,25-26,33,39,45,53,58-59,65H,20-24,27-32H2,1H3,(H,54,61)(H,55,60)(H,63,64)/t45-,52-/m0/s1. The van der Waals surface area contributed by atoms with Crippen molar-refractivity contribution >= 4 is 28.7 Å². The summed E-state index contributed by atoms with van der Waals surface area (Å²) in [6.45, 7) is 3.42. The van der Waals surface area contributed by atoms with Crippen molar-refractivity contribution in [3.63, 3.8) is 0 Å². The number of ether oxygens (including phenoxy) is 2. The maximum atomic E-state index is 13.4. The number of aliphatic carboxylic acids is 1. The molecule has 8 rings (SSSR count). The Morgan fingerprint density at radius 3 is 2.40 bits per heavy atom. The van der Waals surface area contributed by atoms with E-state index in [1.165, 1.54) is 30.9 Å². The Morgan fingerprint density at radius 1 is 0.881 bits per heavy atom. The van der Waals surface area contributed by atoms with Crippen molar-refractivity contribution in [2.24, 2.45) is 5.92 Å². The number of benzene rings is 5. The number of aromatic nitrogens is 1. The third-order valence-corrected chi connectivity index (χ3v) is 12.8. The number of amides is 2. The van der Waals surface area contributed by atoms with Crippen LogP contribution in [0.15, 0.2) is 126 Å². The van der Waals surface area contributed by atoms with Crippen molar-refractivity contribution in [2.75, 3.05) is 46.4 Å². The highest BCUT2D eigenvalue weighted by Crippen LogP contribution is 2.36. The fraction of sp³-hybridized carbons (Fsp3) is 0.308. The van der Waals surface area contributed by atoms with E-state index in [2.05, 4.69) is 32.7 Å². The lowest BCUT2D eigenvalue weighted by Gasteiger charge is -2.39. The van der Waals surface area contributed by atoms with Crippen LogP contribution in [0.4, 0.5) is 0 Å². The highest BCUT2D eigenvalue weighted by atomic mass is 16.5. The number of hydrogen-bond acceptors (Lipinski definition) is 11. The smallest absolute Gasteiger partial charge is 0.345 e. The summed E-state index contributed by atoms with van der Waals surface area (Å²) in [5.74, 6) is -1.15. The molecule has 2 amide bonds. The summed E-state index contributed by atoms with van der Waals surface area (Å²) >= 11 is 0. The molecule has 0 saturated carbocycles. The van der Waals surface area contributed by atoms with Crippen molar-refractivity contribution in [3.8, 4) is 17.2 Å². The number of aromatic hydroxyl groups is 1. The number of likely N-dealkylation sites (tertiary alicyclic amines) is 2. The van der Waals surface area contributed by atoms with Gasteiger partial charge >= 0.3 is 5.97 Å². The zero-order valence-electron chi connectivity index (χ0n) is 37.2. The van der Waals surface area contributed by atoms with Gasteiger partial charge in [0.2, 0.25) is 11.2 Å². The van der Waals surface area contributed by atoms with Gasteiger partial charge in [-0.25, -0.2) is 4.79 Å². The highest BCUT2D eigenvalue weighted by molar-refractivity contribution is 5.95. The van der Waals surface area contributed by atoms with Crippen LogP contribution in [0.3, 0.4) is 0 Å². The number of pyridine rings is 1. The van der Waals surface area contributed by atoms with E-state index < -0.39 is 23.6 Å². The number of phenols is 1. The third kappa shape index (κ3) is 10.7. The summed E-state index contributed by atoms with van der Waals surface area (Å²) in [6.07, 6.45) is 1.60. The molecular formula is C52H55N5O10. The Hall–Kier alpha value is -7.04. The van der Waals surface area contributed by atoms with Gasteiger partial charge in [-0.2, -0.15) is 0 Å². The maximum Gasteiger partial charge on any atom is 0.345 e. The first kappa shape index (κ1) is 46.5. The number of nitrogens with zero attached hydrogens (tertiary/aromatic N) is 2. The Bertz CT molecular complexity index is 2790. The summed E-state index contributed by atoms with van der Waals surface area (Å²) < 4.78 is 11.4. The van der Waals surface area contributed by atoms with Gasteiger partial charge < -0.3 is 50.4 Å². The second-order valence-corrected chi connectivity index (χ2v) is 17.3. The van der Waals surface area contributed by atoms with Crippen molar-refractivity contribution < 1.29 is 44.3 Å². The SMILES string of the molecule is COc1cc(C(=O)N2CC(NC(=O)COc3cccc([C@@](O)(C(=O)O)c4ccccc4CC4CCN(Cc5ccccc5)CC4)c3)C2)ccc1CNC[C@H](O)c1ccc(O)c2[nH]c(=O)ccc12. The van der Waals surface area contributed by atoms with E-state index in [1.807, 2.05) is 30.3 Å². The van der Waals surface area contributed by atoms with Crippen LogP contribution in [0.5, 0.6) is 17.2 Å². The average molecular weight is 910 g/mol. The van der Waals surface area contributed by atoms with E-state index in [0.29, 0.717) is 46.7 Å². The highest BCUT2D eigenvalue weighted by Gasteiger charge is 2.42. The lowest BCUT2D eigenvalue weighted by atomic mass is 9.80. The molecule has 15 nitrogen and oxygen atoms in total. The summed E-state index contributed by atoms with van der Waals surface area (Å²) in [4.78, 5) is 57.8. The first-order chi connectivity index (χ1) is 32.4. The van der Waals surface area contributed by atoms with Gasteiger partial charge in [0.05, 0.1) is 24.8 Å². The topological polar surface area (TPSA) is 214 Å². The number of phenolic OH excluding ortho intramolecular Hbond substituents is 1. The Labute approximate surface area is 387 Å². The number of methoxy groups -OCH3 is 1. The van der Waals surface area contributed by atoms with Gasteiger partial charge in [0.15, 0.2) is 6.61 Å². The van der Waals surface area contributed by atoms with Crippen molar-refractivity contribution in [1.29, 1.82) is 0 Å². The monoisotopic (exact) mass is 909 g/mol. The predicted octanol–water partition coefficient (Wildman–Crippen LogP) is 4.86. The number of carboxylic acids is 1. The second kappa shape index (κ2) is 20.6. The zero-order valence-corrected chi connectivity index (χ0v) is 37.2. The first-order valence-electron chi connectivity index (χ1n) is 22.4. The minimum absolute atomic E-state index is 0.0932. The predicted molar refractivity (Wildman–Crippen MR) is 251 cm³/mol. The van der Waals surface area contributed by atoms with Crippen molar-refractivity contribution in [1.82, 2.24) is 25.4 Å². The molecule has 67 heavy (non-hydrogen) atoms. The fourth-order valence-electron chi connectivity index (χ4n) is 9.12. The molecule has 15 heteroatoms. The molecule has 7 N–H and O–H groups in total. The molecule has 2 aliphatic rings. The molecule has 2 fully saturated rings. The number of fused-ring (bicyclic) bond motifs is 1. The van der Waals surface area contributed by atoms with Crippen LogP contribution in [0.2, 0.25) is 0 Å². The molecule has 0 radical (unpaired) electrons. The Balaban J connectivity index is 0.811. The maximum absolute atomic E-state index is 13.4. The molecule has 2 aliphatic heterocycles. The number of H-pyrrole nitrogens is 1. The minimum atomic E-state index is -2.37. The van der Waals surface area contributed by atoms with Gasteiger partial charge in [-0.3, -0.25) is 19.3 Å². The third-order valence-electron chi connectivity index (χ3n) is 12.8. The number of rotatable bonds is 18. The van der Waals surface area contributed by atoms with Crippen LogP contribution in [0, 0.1) is 5.92 Å². The minimum Gasteiger partial charge on any atom is -0.506 e. The molecule has 5 aromatic carbocycles. The van der Waals surface area contributed by atoms with Crippen LogP contribution in [-0.2, 0) is 34.7 Å². The van der Waals surface area contributed by atoms with Gasteiger partial charge in [-0.05, 0) is 91.4 Å². The van der Waals surface area contributed by atoms with Crippen molar-refractivity contribution in [3.05, 3.63) is 171 Å². The van der Waals surface area contributed by atoms with Gasteiger partial charge in [0, 0.05) is 66.4 Å². The van der Waals surface area contributed by atoms with Crippen LogP contribution < -0.4 is 25.7 Å². The molecule has 3 heterocycles.